The van der Waals surface area contributed by atoms with Crippen LogP contribution in [0.1, 0.15) is 25.6 Å². The molecule has 7 heteroatoms. The van der Waals surface area contributed by atoms with Crippen LogP contribution in [0.5, 0.6) is 0 Å². The van der Waals surface area contributed by atoms with Crippen LogP contribution < -0.4 is 11.3 Å². The first-order valence-electron chi connectivity index (χ1n) is 7.08. The van der Waals surface area contributed by atoms with Crippen molar-refractivity contribution in [2.75, 3.05) is 13.1 Å². The van der Waals surface area contributed by atoms with Gasteiger partial charge in [0, 0.05) is 6.04 Å². The van der Waals surface area contributed by atoms with E-state index in [1.165, 1.54) is 11.3 Å². The molecule has 0 amide bonds. The standard InChI is InChI=1S/C14H20N4OS.ClH/c1-9(15)10-2-5-18(6-3-10)8-12-16-11-4-7-20-13(11)14(19)17-12;/h4,7,9-10H,2-3,5-6,8,15H2,1H3,(H,16,17,19);1H. The van der Waals surface area contributed by atoms with Crippen LogP contribution in [0.25, 0.3) is 10.2 Å². The fourth-order valence-electron chi connectivity index (χ4n) is 2.85. The summed E-state index contributed by atoms with van der Waals surface area (Å²) in [5.74, 6) is 1.39. The molecule has 1 saturated heterocycles. The van der Waals surface area contributed by atoms with Gasteiger partial charge in [0.15, 0.2) is 0 Å². The molecule has 0 spiro atoms. The van der Waals surface area contributed by atoms with Gasteiger partial charge in [0.1, 0.15) is 10.5 Å². The fraction of sp³-hybridized carbons (Fsp3) is 0.571. The van der Waals surface area contributed by atoms with Crippen molar-refractivity contribution in [1.82, 2.24) is 14.9 Å². The minimum atomic E-state index is -0.0227. The quantitative estimate of drug-likeness (QED) is 0.903. The Kier molecular flexibility index (Phi) is 5.37. The van der Waals surface area contributed by atoms with Crippen LogP contribution in [-0.4, -0.2) is 34.0 Å². The molecule has 3 rings (SSSR count). The van der Waals surface area contributed by atoms with E-state index in [-0.39, 0.29) is 24.0 Å². The number of nitrogens with one attached hydrogen (secondary N) is 1. The molecule has 5 nitrogen and oxygen atoms in total. The zero-order chi connectivity index (χ0) is 14.1. The van der Waals surface area contributed by atoms with E-state index in [0.717, 1.165) is 37.3 Å². The van der Waals surface area contributed by atoms with Gasteiger partial charge in [-0.1, -0.05) is 0 Å². The number of nitrogens with zero attached hydrogens (tertiary/aromatic N) is 2. The van der Waals surface area contributed by atoms with E-state index in [0.29, 0.717) is 17.2 Å². The van der Waals surface area contributed by atoms with Gasteiger partial charge in [0.05, 0.1) is 12.1 Å². The van der Waals surface area contributed by atoms with Gasteiger partial charge >= 0.3 is 0 Å². The summed E-state index contributed by atoms with van der Waals surface area (Å²) < 4.78 is 0.712. The lowest BCUT2D eigenvalue weighted by Gasteiger charge is -2.33. The molecule has 21 heavy (non-hydrogen) atoms. The third-order valence-corrected chi connectivity index (χ3v) is 5.02. The average Bonchev–Trinajstić information content (AvgIpc) is 2.88. The van der Waals surface area contributed by atoms with E-state index in [1.54, 1.807) is 0 Å². The Bertz CT molecular complexity index is 646. The summed E-state index contributed by atoms with van der Waals surface area (Å²) in [4.78, 5) is 21.7. The van der Waals surface area contributed by atoms with Crippen molar-refractivity contribution in [3.05, 3.63) is 27.6 Å². The first-order valence-corrected chi connectivity index (χ1v) is 7.96. The SMILES string of the molecule is CC(N)C1CCN(Cc2nc3ccsc3c(=O)[nH]2)CC1.Cl. The molecule has 3 N–H and O–H groups in total. The zero-order valence-electron chi connectivity index (χ0n) is 12.0. The monoisotopic (exact) mass is 328 g/mol. The van der Waals surface area contributed by atoms with Gasteiger partial charge in [-0.3, -0.25) is 9.69 Å². The highest BCUT2D eigenvalue weighted by atomic mass is 35.5. The Hall–Kier alpha value is -0.950. The van der Waals surface area contributed by atoms with Crippen molar-refractivity contribution in [2.24, 2.45) is 11.7 Å². The minimum absolute atomic E-state index is 0. The Labute approximate surface area is 134 Å². The Balaban J connectivity index is 0.00000161. The number of thiophene rings is 1. The smallest absolute Gasteiger partial charge is 0.268 e. The number of hydrogen-bond acceptors (Lipinski definition) is 5. The van der Waals surface area contributed by atoms with Gasteiger partial charge in [-0.25, -0.2) is 4.98 Å². The lowest BCUT2D eigenvalue weighted by molar-refractivity contribution is 0.162. The number of rotatable bonds is 3. The molecule has 3 heterocycles. The van der Waals surface area contributed by atoms with Gasteiger partial charge in [-0.15, -0.1) is 23.7 Å². The van der Waals surface area contributed by atoms with E-state index in [2.05, 4.69) is 21.8 Å². The van der Waals surface area contributed by atoms with Crippen LogP contribution in [0.15, 0.2) is 16.2 Å². The highest BCUT2D eigenvalue weighted by molar-refractivity contribution is 7.17. The normalized spacial score (nSPS) is 18.6. The number of nitrogens with two attached hydrogens (primary N) is 1. The third-order valence-electron chi connectivity index (χ3n) is 4.11. The molecular formula is C14H21ClN4OS. The molecule has 1 aliphatic rings. The molecular weight excluding hydrogens is 308 g/mol. The summed E-state index contributed by atoms with van der Waals surface area (Å²) in [6.07, 6.45) is 2.26. The molecule has 0 aliphatic carbocycles. The largest absolute Gasteiger partial charge is 0.328 e. The molecule has 1 aliphatic heterocycles. The third kappa shape index (κ3) is 3.63. The second-order valence-corrected chi connectivity index (χ2v) is 6.54. The van der Waals surface area contributed by atoms with Gasteiger partial charge < -0.3 is 10.7 Å². The second-order valence-electron chi connectivity index (χ2n) is 5.62. The van der Waals surface area contributed by atoms with Gasteiger partial charge in [-0.05, 0) is 50.2 Å². The van der Waals surface area contributed by atoms with E-state index in [9.17, 15) is 4.79 Å². The van der Waals surface area contributed by atoms with Crippen molar-refractivity contribution in [1.29, 1.82) is 0 Å². The van der Waals surface area contributed by atoms with Gasteiger partial charge in [-0.2, -0.15) is 0 Å². The highest BCUT2D eigenvalue weighted by Gasteiger charge is 2.22. The summed E-state index contributed by atoms with van der Waals surface area (Å²) >= 11 is 1.44. The maximum atomic E-state index is 11.9. The second kappa shape index (κ2) is 6.87. The predicted octanol–water partition coefficient (Wildman–Crippen LogP) is 1.97. The lowest BCUT2D eigenvalue weighted by atomic mass is 9.91. The van der Waals surface area contributed by atoms with Gasteiger partial charge in [0.2, 0.25) is 0 Å². The molecule has 0 bridgehead atoms. The first kappa shape index (κ1) is 16.4. The number of aromatic nitrogens is 2. The molecule has 116 valence electrons. The van der Waals surface area contributed by atoms with Crippen LogP contribution in [0.4, 0.5) is 0 Å². The number of likely N-dealkylation sites (tertiary alicyclic amines) is 1. The van der Waals surface area contributed by atoms with E-state index < -0.39 is 0 Å². The average molecular weight is 329 g/mol. The zero-order valence-corrected chi connectivity index (χ0v) is 13.7. The number of piperidine rings is 1. The minimum Gasteiger partial charge on any atom is -0.328 e. The molecule has 1 fully saturated rings. The van der Waals surface area contributed by atoms with Crippen LogP contribution in [0, 0.1) is 5.92 Å². The summed E-state index contributed by atoms with van der Waals surface area (Å²) in [5.41, 5.74) is 6.74. The fourth-order valence-corrected chi connectivity index (χ4v) is 3.57. The van der Waals surface area contributed by atoms with E-state index in [4.69, 9.17) is 5.73 Å². The van der Waals surface area contributed by atoms with E-state index in [1.807, 2.05) is 11.4 Å². The van der Waals surface area contributed by atoms with Crippen molar-refractivity contribution >= 4 is 34.0 Å². The molecule has 1 unspecified atom stereocenters. The molecule has 0 saturated carbocycles. The lowest BCUT2D eigenvalue weighted by Crippen LogP contribution is -2.39. The van der Waals surface area contributed by atoms with Crippen molar-refractivity contribution in [3.63, 3.8) is 0 Å². The first-order chi connectivity index (χ1) is 9.63. The molecule has 0 radical (unpaired) electrons. The Morgan fingerprint density at radius 3 is 2.90 bits per heavy atom. The molecule has 2 aromatic heterocycles. The topological polar surface area (TPSA) is 75.0 Å². The summed E-state index contributed by atoms with van der Waals surface area (Å²) in [6.45, 7) is 4.85. The molecule has 0 aromatic carbocycles. The summed E-state index contributed by atoms with van der Waals surface area (Å²) in [6, 6.07) is 2.18. The maximum absolute atomic E-state index is 11.9. The molecule has 1 atom stereocenters. The van der Waals surface area contributed by atoms with Crippen LogP contribution in [-0.2, 0) is 6.54 Å². The number of halogens is 1. The predicted molar refractivity (Wildman–Crippen MR) is 89.1 cm³/mol. The Morgan fingerprint density at radius 1 is 1.52 bits per heavy atom. The van der Waals surface area contributed by atoms with E-state index >= 15 is 0 Å². The maximum Gasteiger partial charge on any atom is 0.268 e. The number of aromatic amines is 1. The number of hydrogen-bond donors (Lipinski definition) is 2. The number of fused-ring (bicyclic) bond motifs is 1. The van der Waals surface area contributed by atoms with Crippen molar-refractivity contribution in [2.45, 2.75) is 32.4 Å². The summed E-state index contributed by atoms with van der Waals surface area (Å²) in [7, 11) is 0. The van der Waals surface area contributed by atoms with Crippen LogP contribution >= 0.6 is 23.7 Å². The van der Waals surface area contributed by atoms with Crippen molar-refractivity contribution < 1.29 is 0 Å². The summed E-state index contributed by atoms with van der Waals surface area (Å²) in [5, 5.41) is 1.91. The Morgan fingerprint density at radius 2 is 2.24 bits per heavy atom. The van der Waals surface area contributed by atoms with Crippen molar-refractivity contribution in [3.8, 4) is 0 Å². The van der Waals surface area contributed by atoms with Crippen LogP contribution in [0.2, 0.25) is 0 Å². The molecule has 2 aromatic rings. The highest BCUT2D eigenvalue weighted by Crippen LogP contribution is 2.21. The van der Waals surface area contributed by atoms with Crippen LogP contribution in [0.3, 0.4) is 0 Å². The number of H-pyrrole nitrogens is 1. The van der Waals surface area contributed by atoms with Gasteiger partial charge in [0.25, 0.3) is 5.56 Å².